The molecule has 1 aliphatic carbocycles. The Morgan fingerprint density at radius 2 is 1.70 bits per heavy atom. The third kappa shape index (κ3) is 2.06. The Bertz CT molecular complexity index is 890. The third-order valence-corrected chi connectivity index (χ3v) is 3.63. The largest absolute Gasteiger partial charge is 0.490 e. The summed E-state index contributed by atoms with van der Waals surface area (Å²) in [5, 5.41) is 34.5. The zero-order valence-electron chi connectivity index (χ0n) is 11.7. The molecule has 1 N–H and O–H groups in total. The Labute approximate surface area is 128 Å². The second-order valence-electron chi connectivity index (χ2n) is 4.76. The molecule has 0 aliphatic heterocycles. The fourth-order valence-corrected chi connectivity index (χ4v) is 2.62. The van der Waals surface area contributed by atoms with Crippen molar-refractivity contribution in [1.82, 2.24) is 0 Å². The molecule has 0 radical (unpaired) electrons. The van der Waals surface area contributed by atoms with E-state index in [1.54, 1.807) is 0 Å². The first kappa shape index (κ1) is 14.4. The molecule has 3 rings (SSSR count). The minimum atomic E-state index is -0.585. The maximum Gasteiger partial charge on any atom is 0.311 e. The SMILES string of the molecule is COc1cc2c(cc1[N+](=O)[O-])-c1ccc([N+](=O)[O-])cc1/C2=N/O. The van der Waals surface area contributed by atoms with Crippen molar-refractivity contribution >= 4 is 17.1 Å². The molecule has 0 saturated carbocycles. The molecule has 23 heavy (non-hydrogen) atoms. The lowest BCUT2D eigenvalue weighted by Gasteiger charge is -2.05. The lowest BCUT2D eigenvalue weighted by atomic mass is 10.0. The van der Waals surface area contributed by atoms with Gasteiger partial charge in [0, 0.05) is 29.3 Å². The molecule has 0 amide bonds. The molecule has 0 heterocycles. The first-order valence-corrected chi connectivity index (χ1v) is 6.36. The number of nitrogens with zero attached hydrogens (tertiary/aromatic N) is 3. The van der Waals surface area contributed by atoms with Crippen molar-refractivity contribution in [3.63, 3.8) is 0 Å². The smallest absolute Gasteiger partial charge is 0.311 e. The topological polar surface area (TPSA) is 128 Å². The number of hydrogen-bond acceptors (Lipinski definition) is 7. The maximum atomic E-state index is 11.1. The first-order valence-electron chi connectivity index (χ1n) is 6.36. The van der Waals surface area contributed by atoms with Gasteiger partial charge in [-0.1, -0.05) is 5.16 Å². The van der Waals surface area contributed by atoms with E-state index in [0.717, 1.165) is 0 Å². The summed E-state index contributed by atoms with van der Waals surface area (Å²) in [6.45, 7) is 0. The van der Waals surface area contributed by atoms with E-state index >= 15 is 0 Å². The van der Waals surface area contributed by atoms with Crippen LogP contribution >= 0.6 is 0 Å². The minimum Gasteiger partial charge on any atom is -0.490 e. The fraction of sp³-hybridized carbons (Fsp3) is 0.0714. The zero-order chi connectivity index (χ0) is 16.7. The summed E-state index contributed by atoms with van der Waals surface area (Å²) in [5.41, 5.74) is 1.41. The summed E-state index contributed by atoms with van der Waals surface area (Å²) in [6, 6.07) is 6.72. The van der Waals surface area contributed by atoms with Crippen molar-refractivity contribution in [2.75, 3.05) is 7.11 Å². The number of nitro groups is 2. The van der Waals surface area contributed by atoms with Crippen LogP contribution in [0, 0.1) is 20.2 Å². The van der Waals surface area contributed by atoms with Gasteiger partial charge in [0.2, 0.25) is 0 Å². The number of nitro benzene ring substituents is 2. The van der Waals surface area contributed by atoms with Crippen LogP contribution in [-0.2, 0) is 0 Å². The van der Waals surface area contributed by atoms with Crippen molar-refractivity contribution in [1.29, 1.82) is 0 Å². The molecular formula is C14H9N3O6. The summed E-state index contributed by atoms with van der Waals surface area (Å²) < 4.78 is 5.00. The highest BCUT2D eigenvalue weighted by molar-refractivity contribution is 6.25. The Kier molecular flexibility index (Phi) is 3.17. The number of non-ortho nitro benzene ring substituents is 1. The van der Waals surface area contributed by atoms with Gasteiger partial charge in [-0.15, -0.1) is 0 Å². The summed E-state index contributed by atoms with van der Waals surface area (Å²) in [4.78, 5) is 20.9. The molecule has 0 atom stereocenters. The molecule has 9 nitrogen and oxygen atoms in total. The van der Waals surface area contributed by atoms with Gasteiger partial charge in [0.15, 0.2) is 5.75 Å². The van der Waals surface area contributed by atoms with Gasteiger partial charge < -0.3 is 9.94 Å². The predicted molar refractivity (Wildman–Crippen MR) is 79.2 cm³/mol. The van der Waals surface area contributed by atoms with Gasteiger partial charge in [0.1, 0.15) is 5.71 Å². The van der Waals surface area contributed by atoms with Crippen molar-refractivity contribution in [2.24, 2.45) is 5.16 Å². The first-order chi connectivity index (χ1) is 11.0. The molecule has 0 bridgehead atoms. The molecule has 2 aromatic carbocycles. The zero-order valence-corrected chi connectivity index (χ0v) is 11.7. The normalized spacial score (nSPS) is 13.5. The summed E-state index contributed by atoms with van der Waals surface area (Å²) in [5.74, 6) is 0.0113. The van der Waals surface area contributed by atoms with E-state index in [1.807, 2.05) is 0 Å². The number of oxime groups is 1. The number of methoxy groups -OCH3 is 1. The van der Waals surface area contributed by atoms with Gasteiger partial charge in [0.05, 0.1) is 17.0 Å². The lowest BCUT2D eigenvalue weighted by Crippen LogP contribution is -2.01. The standard InChI is InChI=1S/C14H9N3O6/c1-23-13-6-11-9(5-12(13)17(21)22)8-3-2-7(16(19)20)4-10(8)14(11)15-18/h2-6,18H,1H3/b15-14-. The minimum absolute atomic E-state index is 0.0113. The van der Waals surface area contributed by atoms with Crippen LogP contribution < -0.4 is 4.74 Å². The van der Waals surface area contributed by atoms with Gasteiger partial charge in [-0.3, -0.25) is 20.2 Å². The van der Waals surface area contributed by atoms with E-state index < -0.39 is 9.85 Å². The van der Waals surface area contributed by atoms with Crippen molar-refractivity contribution in [3.8, 4) is 16.9 Å². The van der Waals surface area contributed by atoms with Crippen LogP contribution in [0.1, 0.15) is 11.1 Å². The summed E-state index contributed by atoms with van der Waals surface area (Å²) in [6.07, 6.45) is 0. The number of fused-ring (bicyclic) bond motifs is 3. The fourth-order valence-electron chi connectivity index (χ4n) is 2.62. The number of ether oxygens (including phenoxy) is 1. The second kappa shape index (κ2) is 5.05. The highest BCUT2D eigenvalue weighted by Crippen LogP contribution is 2.43. The second-order valence-corrected chi connectivity index (χ2v) is 4.76. The van der Waals surface area contributed by atoms with Crippen molar-refractivity contribution < 1.29 is 19.8 Å². The van der Waals surface area contributed by atoms with Gasteiger partial charge in [-0.25, -0.2) is 0 Å². The van der Waals surface area contributed by atoms with Crippen LogP contribution in [0.4, 0.5) is 11.4 Å². The van der Waals surface area contributed by atoms with Crippen LogP contribution in [0.25, 0.3) is 11.1 Å². The molecule has 0 saturated heterocycles. The van der Waals surface area contributed by atoms with Crippen LogP contribution in [-0.4, -0.2) is 27.9 Å². The molecule has 0 unspecified atom stereocenters. The molecule has 2 aromatic rings. The molecule has 0 fully saturated rings. The van der Waals surface area contributed by atoms with Gasteiger partial charge in [0.25, 0.3) is 5.69 Å². The number of benzene rings is 2. The Balaban J connectivity index is 2.31. The van der Waals surface area contributed by atoms with Crippen LogP contribution in [0.3, 0.4) is 0 Å². The maximum absolute atomic E-state index is 11.1. The van der Waals surface area contributed by atoms with E-state index in [2.05, 4.69) is 5.16 Å². The summed E-state index contributed by atoms with van der Waals surface area (Å²) >= 11 is 0. The molecule has 0 aromatic heterocycles. The quantitative estimate of drug-likeness (QED) is 0.449. The predicted octanol–water partition coefficient (Wildman–Crippen LogP) is 2.72. The molecular weight excluding hydrogens is 306 g/mol. The Hall–Kier alpha value is -3.49. The molecule has 1 aliphatic rings. The van der Waals surface area contributed by atoms with Crippen molar-refractivity contribution in [3.05, 3.63) is 61.7 Å². The van der Waals surface area contributed by atoms with Gasteiger partial charge in [-0.2, -0.15) is 0 Å². The van der Waals surface area contributed by atoms with E-state index in [1.165, 1.54) is 37.4 Å². The van der Waals surface area contributed by atoms with Crippen molar-refractivity contribution in [2.45, 2.75) is 0 Å². The molecule has 0 spiro atoms. The van der Waals surface area contributed by atoms with Crippen LogP contribution in [0.5, 0.6) is 5.75 Å². The van der Waals surface area contributed by atoms with E-state index in [-0.39, 0.29) is 22.8 Å². The molecule has 116 valence electrons. The highest BCUT2D eigenvalue weighted by atomic mass is 16.6. The average molecular weight is 315 g/mol. The Morgan fingerprint density at radius 3 is 2.26 bits per heavy atom. The van der Waals surface area contributed by atoms with Crippen LogP contribution in [0.2, 0.25) is 0 Å². The lowest BCUT2D eigenvalue weighted by molar-refractivity contribution is -0.385. The molecule has 9 heteroatoms. The average Bonchev–Trinajstić information content (AvgIpc) is 2.85. The number of rotatable bonds is 3. The van der Waals surface area contributed by atoms with E-state index in [0.29, 0.717) is 22.3 Å². The van der Waals surface area contributed by atoms with Crippen LogP contribution in [0.15, 0.2) is 35.5 Å². The van der Waals surface area contributed by atoms with E-state index in [4.69, 9.17) is 4.74 Å². The highest BCUT2D eigenvalue weighted by Gasteiger charge is 2.31. The van der Waals surface area contributed by atoms with Gasteiger partial charge in [-0.05, 0) is 23.3 Å². The third-order valence-electron chi connectivity index (χ3n) is 3.63. The number of hydrogen-bond donors (Lipinski definition) is 1. The van der Waals surface area contributed by atoms with Gasteiger partial charge >= 0.3 is 5.69 Å². The Morgan fingerprint density at radius 1 is 1.00 bits per heavy atom. The monoisotopic (exact) mass is 315 g/mol. The van der Waals surface area contributed by atoms with E-state index in [9.17, 15) is 25.4 Å². The summed E-state index contributed by atoms with van der Waals surface area (Å²) in [7, 11) is 1.29.